The fraction of sp³-hybridized carbons (Fsp3) is 0.619. The van der Waals surface area contributed by atoms with E-state index in [0.717, 1.165) is 44.3 Å². The SMILES string of the molecule is Cc1ccc(C(=O)N2C[C@H](C(=O)N3CCCC3)C3(CCOCC3)C2)cc1. The molecule has 4 rings (SSSR count). The Bertz CT molecular complexity index is 673. The van der Waals surface area contributed by atoms with E-state index in [0.29, 0.717) is 31.9 Å². The van der Waals surface area contributed by atoms with Gasteiger partial charge in [0.05, 0.1) is 5.92 Å². The molecule has 26 heavy (non-hydrogen) atoms. The third-order valence-corrected chi connectivity index (χ3v) is 6.44. The van der Waals surface area contributed by atoms with Gasteiger partial charge >= 0.3 is 0 Å². The topological polar surface area (TPSA) is 49.9 Å². The molecule has 0 radical (unpaired) electrons. The molecule has 2 amide bonds. The number of amides is 2. The lowest BCUT2D eigenvalue weighted by molar-refractivity contribution is -0.139. The van der Waals surface area contributed by atoms with Gasteiger partial charge in [0, 0.05) is 50.4 Å². The fourth-order valence-corrected chi connectivity index (χ4v) is 4.78. The highest BCUT2D eigenvalue weighted by atomic mass is 16.5. The summed E-state index contributed by atoms with van der Waals surface area (Å²) in [6, 6.07) is 7.73. The normalized spacial score (nSPS) is 25.0. The van der Waals surface area contributed by atoms with Gasteiger partial charge in [-0.05, 0) is 44.7 Å². The van der Waals surface area contributed by atoms with Crippen molar-refractivity contribution in [1.29, 1.82) is 0 Å². The van der Waals surface area contributed by atoms with Crippen molar-refractivity contribution in [3.63, 3.8) is 0 Å². The van der Waals surface area contributed by atoms with Gasteiger partial charge < -0.3 is 14.5 Å². The van der Waals surface area contributed by atoms with Crippen molar-refractivity contribution >= 4 is 11.8 Å². The van der Waals surface area contributed by atoms with E-state index in [9.17, 15) is 9.59 Å². The Morgan fingerprint density at radius 1 is 1.04 bits per heavy atom. The van der Waals surface area contributed by atoms with Gasteiger partial charge in [0.2, 0.25) is 5.91 Å². The zero-order chi connectivity index (χ0) is 18.1. The molecule has 0 aromatic heterocycles. The van der Waals surface area contributed by atoms with Gasteiger partial charge in [-0.2, -0.15) is 0 Å². The lowest BCUT2D eigenvalue weighted by atomic mass is 9.71. The second-order valence-corrected chi connectivity index (χ2v) is 8.11. The lowest BCUT2D eigenvalue weighted by Crippen LogP contribution is -2.45. The average Bonchev–Trinajstić information content (AvgIpc) is 3.31. The number of hydrogen-bond donors (Lipinski definition) is 0. The fourth-order valence-electron chi connectivity index (χ4n) is 4.78. The summed E-state index contributed by atoms with van der Waals surface area (Å²) in [5.74, 6) is 0.218. The predicted octanol–water partition coefficient (Wildman–Crippen LogP) is 2.49. The van der Waals surface area contributed by atoms with E-state index in [1.807, 2.05) is 41.0 Å². The van der Waals surface area contributed by atoms with Crippen molar-refractivity contribution in [1.82, 2.24) is 9.80 Å². The smallest absolute Gasteiger partial charge is 0.253 e. The molecule has 3 aliphatic rings. The molecule has 0 bridgehead atoms. The number of ether oxygens (including phenoxy) is 1. The monoisotopic (exact) mass is 356 g/mol. The van der Waals surface area contributed by atoms with Crippen LogP contribution in [0.5, 0.6) is 0 Å². The molecule has 0 aliphatic carbocycles. The van der Waals surface area contributed by atoms with Gasteiger partial charge in [0.25, 0.3) is 5.91 Å². The van der Waals surface area contributed by atoms with Crippen LogP contribution in [0.25, 0.3) is 0 Å². The molecule has 1 aromatic rings. The van der Waals surface area contributed by atoms with Crippen molar-refractivity contribution in [3.05, 3.63) is 35.4 Å². The van der Waals surface area contributed by atoms with E-state index >= 15 is 0 Å². The van der Waals surface area contributed by atoms with Crippen molar-refractivity contribution in [2.75, 3.05) is 39.4 Å². The van der Waals surface area contributed by atoms with Crippen LogP contribution in [0, 0.1) is 18.3 Å². The number of hydrogen-bond acceptors (Lipinski definition) is 3. The van der Waals surface area contributed by atoms with Crippen LogP contribution in [0.4, 0.5) is 0 Å². The Hall–Kier alpha value is -1.88. The molecule has 1 atom stereocenters. The van der Waals surface area contributed by atoms with Crippen molar-refractivity contribution < 1.29 is 14.3 Å². The highest BCUT2D eigenvalue weighted by Crippen LogP contribution is 2.45. The van der Waals surface area contributed by atoms with Crippen LogP contribution in [-0.2, 0) is 9.53 Å². The number of benzene rings is 1. The zero-order valence-corrected chi connectivity index (χ0v) is 15.6. The standard InChI is InChI=1S/C21H28N2O3/c1-16-4-6-17(7-5-16)19(24)23-14-18(20(25)22-10-2-3-11-22)21(15-23)8-12-26-13-9-21/h4-7,18H,2-3,8-15H2,1H3/t18-/m1/s1. The summed E-state index contributed by atoms with van der Waals surface area (Å²) < 4.78 is 5.57. The molecule has 5 nitrogen and oxygen atoms in total. The van der Waals surface area contributed by atoms with Crippen LogP contribution in [-0.4, -0.2) is 61.0 Å². The third-order valence-electron chi connectivity index (χ3n) is 6.44. The molecule has 0 saturated carbocycles. The maximum absolute atomic E-state index is 13.2. The van der Waals surface area contributed by atoms with Gasteiger partial charge in [-0.1, -0.05) is 17.7 Å². The molecule has 3 heterocycles. The van der Waals surface area contributed by atoms with Crippen LogP contribution in [0.2, 0.25) is 0 Å². The molecule has 3 aliphatic heterocycles. The first kappa shape index (κ1) is 17.5. The number of carbonyl (C=O) groups excluding carboxylic acids is 2. The summed E-state index contributed by atoms with van der Waals surface area (Å²) in [6.45, 7) is 6.36. The lowest BCUT2D eigenvalue weighted by Gasteiger charge is -2.38. The quantitative estimate of drug-likeness (QED) is 0.818. The van der Waals surface area contributed by atoms with Gasteiger partial charge in [-0.3, -0.25) is 9.59 Å². The average molecular weight is 356 g/mol. The number of likely N-dealkylation sites (tertiary alicyclic amines) is 2. The molecule has 0 unspecified atom stereocenters. The minimum absolute atomic E-state index is 0.0487. The Morgan fingerprint density at radius 3 is 2.35 bits per heavy atom. The molecule has 5 heteroatoms. The Morgan fingerprint density at radius 2 is 1.69 bits per heavy atom. The Balaban J connectivity index is 1.57. The van der Waals surface area contributed by atoms with Crippen molar-refractivity contribution in [2.24, 2.45) is 11.3 Å². The molecular formula is C21H28N2O3. The maximum Gasteiger partial charge on any atom is 0.253 e. The van der Waals surface area contributed by atoms with Crippen LogP contribution in [0.3, 0.4) is 0 Å². The first-order chi connectivity index (χ1) is 12.6. The molecule has 3 fully saturated rings. The molecule has 1 spiro atoms. The van der Waals surface area contributed by atoms with E-state index in [2.05, 4.69) is 0 Å². The maximum atomic E-state index is 13.2. The zero-order valence-electron chi connectivity index (χ0n) is 15.6. The van der Waals surface area contributed by atoms with Gasteiger partial charge in [-0.25, -0.2) is 0 Å². The van der Waals surface area contributed by atoms with Crippen LogP contribution < -0.4 is 0 Å². The molecule has 140 valence electrons. The largest absolute Gasteiger partial charge is 0.381 e. The van der Waals surface area contributed by atoms with E-state index in [4.69, 9.17) is 4.74 Å². The second kappa shape index (κ2) is 7.03. The van der Waals surface area contributed by atoms with Crippen LogP contribution in [0.15, 0.2) is 24.3 Å². The summed E-state index contributed by atoms with van der Waals surface area (Å²) in [6.07, 6.45) is 3.94. The third kappa shape index (κ3) is 3.13. The molecule has 3 saturated heterocycles. The summed E-state index contributed by atoms with van der Waals surface area (Å²) in [5.41, 5.74) is 1.75. The van der Waals surface area contributed by atoms with E-state index in [1.54, 1.807) is 0 Å². The summed E-state index contributed by atoms with van der Waals surface area (Å²) in [7, 11) is 0. The van der Waals surface area contributed by atoms with E-state index in [-0.39, 0.29) is 23.1 Å². The number of rotatable bonds is 2. The van der Waals surface area contributed by atoms with Crippen molar-refractivity contribution in [2.45, 2.75) is 32.6 Å². The first-order valence-electron chi connectivity index (χ1n) is 9.82. The van der Waals surface area contributed by atoms with Gasteiger partial charge in [-0.15, -0.1) is 0 Å². The molecular weight excluding hydrogens is 328 g/mol. The van der Waals surface area contributed by atoms with Gasteiger partial charge in [0.15, 0.2) is 0 Å². The summed E-state index contributed by atoms with van der Waals surface area (Å²) >= 11 is 0. The van der Waals surface area contributed by atoms with E-state index < -0.39 is 0 Å². The highest BCUT2D eigenvalue weighted by Gasteiger charge is 2.52. The predicted molar refractivity (Wildman–Crippen MR) is 98.9 cm³/mol. The number of aryl methyl sites for hydroxylation is 1. The Kier molecular flexibility index (Phi) is 4.74. The van der Waals surface area contributed by atoms with Crippen LogP contribution >= 0.6 is 0 Å². The van der Waals surface area contributed by atoms with E-state index in [1.165, 1.54) is 0 Å². The van der Waals surface area contributed by atoms with Gasteiger partial charge in [0.1, 0.15) is 0 Å². The van der Waals surface area contributed by atoms with Crippen LogP contribution in [0.1, 0.15) is 41.6 Å². The first-order valence-corrected chi connectivity index (χ1v) is 9.82. The molecule has 1 aromatic carbocycles. The highest BCUT2D eigenvalue weighted by molar-refractivity contribution is 5.95. The summed E-state index contributed by atoms with van der Waals surface area (Å²) in [5, 5.41) is 0. The Labute approximate surface area is 155 Å². The summed E-state index contributed by atoms with van der Waals surface area (Å²) in [4.78, 5) is 30.2. The second-order valence-electron chi connectivity index (χ2n) is 8.11. The minimum atomic E-state index is -0.113. The van der Waals surface area contributed by atoms with Crippen molar-refractivity contribution in [3.8, 4) is 0 Å². The number of carbonyl (C=O) groups is 2. The number of nitrogens with zero attached hydrogens (tertiary/aromatic N) is 2. The molecule has 0 N–H and O–H groups in total. The minimum Gasteiger partial charge on any atom is -0.381 e.